The van der Waals surface area contributed by atoms with Gasteiger partial charge in [-0.05, 0) is 24.3 Å². The fourth-order valence-electron chi connectivity index (χ4n) is 5.91. The maximum Gasteiger partial charge on any atom is 0.418 e. The summed E-state index contributed by atoms with van der Waals surface area (Å²) in [6, 6.07) is 12.8. The Labute approximate surface area is 284 Å². The quantitative estimate of drug-likeness (QED) is 0.220. The van der Waals surface area contributed by atoms with E-state index in [4.69, 9.17) is 47.9 Å². The van der Waals surface area contributed by atoms with Crippen LogP contribution in [-0.2, 0) is 25.1 Å². The monoisotopic (exact) mass is 721 g/mol. The Hall–Kier alpha value is -3.90. The van der Waals surface area contributed by atoms with Crippen LogP contribution in [0.15, 0.2) is 66.2 Å². The molecule has 2 aromatic carbocycles. The summed E-state index contributed by atoms with van der Waals surface area (Å²) in [6.07, 6.45) is -7.65. The lowest BCUT2D eigenvalue weighted by Crippen LogP contribution is -2.57. The molecule has 0 saturated carbocycles. The van der Waals surface area contributed by atoms with Gasteiger partial charge in [0.25, 0.3) is 5.91 Å². The third-order valence-electron chi connectivity index (χ3n) is 7.98. The molecule has 5 heterocycles. The number of nitrogens with zero attached hydrogens (tertiary/aromatic N) is 6. The number of nitrogens with two attached hydrogens (primary N) is 1. The van der Waals surface area contributed by atoms with Crippen molar-refractivity contribution in [2.75, 3.05) is 13.7 Å². The Morgan fingerprint density at radius 1 is 1.12 bits per heavy atom. The van der Waals surface area contributed by atoms with E-state index in [1.54, 1.807) is 11.6 Å². The van der Waals surface area contributed by atoms with Crippen molar-refractivity contribution < 1.29 is 36.9 Å². The Kier molecular flexibility index (Phi) is 8.74. The summed E-state index contributed by atoms with van der Waals surface area (Å²) in [5.41, 5.74) is 4.97. The van der Waals surface area contributed by atoms with E-state index < -0.39 is 60.1 Å². The molecule has 0 aliphatic carbocycles. The van der Waals surface area contributed by atoms with Gasteiger partial charge in [0.1, 0.15) is 46.3 Å². The molecule has 0 bridgehead atoms. The standard InChI is InChI=1S/C30H24Cl2F3N7O5S/c1-44-26-23(41-11-18(38-40-41)28-37-22(32)13-48-28)25-21(12-45-29(47-25)14-5-3-2-4-6-14)46-24(26)20-10-17(27(36)43)39-42(20)19-9-15(31)7-8-16(19)30(33,34)35/h2-11,13,21,23-26,29H,12H2,1H3,(H2,36,43)/t21?,23?,24-,25-,26?,29?/m0/s1. The van der Waals surface area contributed by atoms with Crippen molar-refractivity contribution in [1.29, 1.82) is 0 Å². The molecule has 6 atom stereocenters. The van der Waals surface area contributed by atoms with Crippen LogP contribution in [0.2, 0.25) is 10.2 Å². The minimum Gasteiger partial charge on any atom is -0.376 e. The lowest BCUT2D eigenvalue weighted by Gasteiger charge is -2.49. The van der Waals surface area contributed by atoms with Crippen molar-refractivity contribution in [2.45, 2.75) is 42.9 Å². The van der Waals surface area contributed by atoms with Gasteiger partial charge in [-0.3, -0.25) is 4.79 Å². The molecule has 4 unspecified atom stereocenters. The molecule has 12 nitrogen and oxygen atoms in total. The second-order valence-electron chi connectivity index (χ2n) is 10.9. The summed E-state index contributed by atoms with van der Waals surface area (Å²) >= 11 is 13.5. The van der Waals surface area contributed by atoms with E-state index in [2.05, 4.69) is 20.4 Å². The fraction of sp³-hybridized carbons (Fsp3) is 0.300. The minimum atomic E-state index is -4.80. The molecule has 3 aromatic heterocycles. The third kappa shape index (κ3) is 6.09. The molecule has 5 aromatic rings. The molecule has 0 radical (unpaired) electrons. The van der Waals surface area contributed by atoms with Gasteiger partial charge in [0.15, 0.2) is 12.0 Å². The number of hydrogen-bond donors (Lipinski definition) is 1. The number of fused-ring (bicyclic) bond motifs is 1. The molecular formula is C30H24Cl2F3N7O5S. The van der Waals surface area contributed by atoms with Gasteiger partial charge < -0.3 is 24.7 Å². The average Bonchev–Trinajstić information content (AvgIpc) is 3.83. The highest BCUT2D eigenvalue weighted by atomic mass is 35.5. The van der Waals surface area contributed by atoms with E-state index in [0.29, 0.717) is 15.9 Å². The number of primary amides is 1. The van der Waals surface area contributed by atoms with Crippen molar-refractivity contribution in [3.05, 3.63) is 98.9 Å². The van der Waals surface area contributed by atoms with Gasteiger partial charge in [-0.2, -0.15) is 18.3 Å². The molecule has 48 heavy (non-hydrogen) atoms. The van der Waals surface area contributed by atoms with Crippen LogP contribution in [0.1, 0.15) is 45.7 Å². The van der Waals surface area contributed by atoms with Crippen molar-refractivity contribution in [2.24, 2.45) is 5.73 Å². The van der Waals surface area contributed by atoms with Gasteiger partial charge >= 0.3 is 6.18 Å². The smallest absolute Gasteiger partial charge is 0.376 e. The van der Waals surface area contributed by atoms with E-state index in [9.17, 15) is 18.0 Å². The van der Waals surface area contributed by atoms with Gasteiger partial charge in [0.05, 0.1) is 29.7 Å². The van der Waals surface area contributed by atoms with Gasteiger partial charge in [-0.1, -0.05) is 58.7 Å². The topological polar surface area (TPSA) is 141 Å². The molecule has 250 valence electrons. The summed E-state index contributed by atoms with van der Waals surface area (Å²) in [5, 5.41) is 15.3. The van der Waals surface area contributed by atoms with E-state index >= 15 is 0 Å². The molecule has 2 fully saturated rings. The van der Waals surface area contributed by atoms with Crippen LogP contribution in [-0.4, -0.2) is 67.7 Å². The highest BCUT2D eigenvalue weighted by Gasteiger charge is 2.53. The van der Waals surface area contributed by atoms with Crippen molar-refractivity contribution >= 4 is 40.4 Å². The molecular weight excluding hydrogens is 698 g/mol. The van der Waals surface area contributed by atoms with Crippen LogP contribution in [0.4, 0.5) is 13.2 Å². The van der Waals surface area contributed by atoms with Crippen LogP contribution >= 0.6 is 34.5 Å². The third-order valence-corrected chi connectivity index (χ3v) is 9.40. The first-order valence-corrected chi connectivity index (χ1v) is 16.0. The Bertz CT molecular complexity index is 1960. The lowest BCUT2D eigenvalue weighted by molar-refractivity contribution is -0.320. The Balaban J connectivity index is 1.36. The number of benzene rings is 2. The zero-order chi connectivity index (χ0) is 33.7. The van der Waals surface area contributed by atoms with E-state index in [0.717, 1.165) is 28.4 Å². The van der Waals surface area contributed by atoms with Crippen molar-refractivity contribution in [3.8, 4) is 16.4 Å². The van der Waals surface area contributed by atoms with Crippen molar-refractivity contribution in [3.63, 3.8) is 0 Å². The average molecular weight is 723 g/mol. The zero-order valence-corrected chi connectivity index (χ0v) is 27.0. The summed E-state index contributed by atoms with van der Waals surface area (Å²) in [5.74, 6) is -0.970. The molecule has 0 spiro atoms. The number of alkyl halides is 3. The number of methoxy groups -OCH3 is 1. The first-order valence-electron chi connectivity index (χ1n) is 14.3. The maximum absolute atomic E-state index is 14.3. The number of halogens is 5. The number of amides is 1. The summed E-state index contributed by atoms with van der Waals surface area (Å²) in [7, 11) is 1.41. The Morgan fingerprint density at radius 3 is 2.60 bits per heavy atom. The normalized spacial score (nSPS) is 24.4. The van der Waals surface area contributed by atoms with Crippen LogP contribution in [0.25, 0.3) is 16.4 Å². The molecule has 2 aliphatic heterocycles. The van der Waals surface area contributed by atoms with Crippen molar-refractivity contribution in [1.82, 2.24) is 29.8 Å². The number of rotatable bonds is 7. The first-order chi connectivity index (χ1) is 23.0. The van der Waals surface area contributed by atoms with Crippen LogP contribution in [0.3, 0.4) is 0 Å². The number of carbonyl (C=O) groups is 1. The number of thiazole rings is 1. The highest BCUT2D eigenvalue weighted by Crippen LogP contribution is 2.46. The van der Waals surface area contributed by atoms with E-state index in [-0.39, 0.29) is 23.0 Å². The molecule has 1 amide bonds. The largest absolute Gasteiger partial charge is 0.418 e. The molecule has 2 aliphatic rings. The SMILES string of the molecule is COC1C(n2cc(-c3nc(Cl)cs3)nn2)[C@H]2OC(c3ccccc3)OCC2O[C@H]1c1cc(C(N)=O)nn1-c1cc(Cl)ccc1C(F)(F)F. The minimum absolute atomic E-state index is 0.00402. The number of aromatic nitrogens is 6. The van der Waals surface area contributed by atoms with Gasteiger partial charge in [0.2, 0.25) is 0 Å². The zero-order valence-electron chi connectivity index (χ0n) is 24.6. The summed E-state index contributed by atoms with van der Waals surface area (Å²) < 4.78 is 70.5. The maximum atomic E-state index is 14.3. The predicted molar refractivity (Wildman–Crippen MR) is 166 cm³/mol. The summed E-state index contributed by atoms with van der Waals surface area (Å²) in [4.78, 5) is 16.6. The number of ether oxygens (including phenoxy) is 4. The fourth-order valence-corrected chi connectivity index (χ4v) is 6.97. The second-order valence-corrected chi connectivity index (χ2v) is 12.6. The molecule has 2 saturated heterocycles. The molecule has 18 heteroatoms. The van der Waals surface area contributed by atoms with Crippen LogP contribution in [0.5, 0.6) is 0 Å². The van der Waals surface area contributed by atoms with E-state index in [1.807, 2.05) is 30.3 Å². The van der Waals surface area contributed by atoms with Crippen LogP contribution in [0, 0.1) is 0 Å². The molecule has 7 rings (SSSR count). The lowest BCUT2D eigenvalue weighted by atomic mass is 9.89. The molecule has 2 N–H and O–H groups in total. The number of carbonyl (C=O) groups excluding carboxylic acids is 1. The predicted octanol–water partition coefficient (Wildman–Crippen LogP) is 5.82. The summed E-state index contributed by atoms with van der Waals surface area (Å²) in [6.45, 7) is 0.0269. The van der Waals surface area contributed by atoms with Gasteiger partial charge in [-0.15, -0.1) is 16.4 Å². The van der Waals surface area contributed by atoms with Crippen LogP contribution < -0.4 is 5.73 Å². The highest BCUT2D eigenvalue weighted by molar-refractivity contribution is 7.13. The number of hydrogen-bond acceptors (Lipinski definition) is 10. The first kappa shape index (κ1) is 32.6. The van der Waals surface area contributed by atoms with Gasteiger partial charge in [0, 0.05) is 23.1 Å². The van der Waals surface area contributed by atoms with E-state index in [1.165, 1.54) is 29.2 Å². The Morgan fingerprint density at radius 2 is 1.92 bits per heavy atom. The van der Waals surface area contributed by atoms with Gasteiger partial charge in [-0.25, -0.2) is 14.3 Å². The second kappa shape index (κ2) is 12.9.